The third-order valence-corrected chi connectivity index (χ3v) is 4.03. The van der Waals surface area contributed by atoms with Crippen molar-refractivity contribution in [3.8, 4) is 0 Å². The number of aliphatic hydroxyl groups is 1. The number of fused-ring (bicyclic) bond motifs is 1. The molecule has 0 aliphatic rings. The predicted molar refractivity (Wildman–Crippen MR) is 86.2 cm³/mol. The monoisotopic (exact) mass is 312 g/mol. The van der Waals surface area contributed by atoms with E-state index in [1.54, 1.807) is 18.4 Å². The second-order valence-corrected chi connectivity index (χ2v) is 5.69. The molecule has 0 saturated carbocycles. The van der Waals surface area contributed by atoms with Crippen LogP contribution in [0.1, 0.15) is 19.0 Å². The highest BCUT2D eigenvalue weighted by atomic mass is 32.1. The number of nitrogens with one attached hydrogen (secondary N) is 1. The van der Waals surface area contributed by atoms with E-state index < -0.39 is 0 Å². The second kappa shape index (κ2) is 8.33. The van der Waals surface area contributed by atoms with Crippen molar-refractivity contribution in [1.29, 1.82) is 0 Å². The fourth-order valence-electron chi connectivity index (χ4n) is 2.33. The molecular weight excluding hydrogens is 288 g/mol. The summed E-state index contributed by atoms with van der Waals surface area (Å²) in [5, 5.41) is 14.7. The minimum atomic E-state index is 0.141. The lowest BCUT2D eigenvalue weighted by Crippen LogP contribution is -2.30. The van der Waals surface area contributed by atoms with E-state index in [1.165, 1.54) is 0 Å². The summed E-state index contributed by atoms with van der Waals surface area (Å²) in [6.45, 7) is 6.03. The van der Waals surface area contributed by atoms with Gasteiger partial charge in [0.25, 0.3) is 0 Å². The predicted octanol–water partition coefficient (Wildman–Crippen LogP) is 1.34. The quantitative estimate of drug-likeness (QED) is 0.648. The average molecular weight is 312 g/mol. The molecule has 118 valence electrons. The number of rotatable bonds is 10. The maximum Gasteiger partial charge on any atom is 0.195 e. The van der Waals surface area contributed by atoms with E-state index in [0.29, 0.717) is 13.2 Å². The van der Waals surface area contributed by atoms with Crippen molar-refractivity contribution in [1.82, 2.24) is 14.7 Å². The lowest BCUT2D eigenvalue weighted by Gasteiger charge is -2.22. The van der Waals surface area contributed by atoms with Gasteiger partial charge in [-0.05, 0) is 6.42 Å². The maximum atomic E-state index is 9.28. The van der Waals surface area contributed by atoms with E-state index in [9.17, 15) is 5.11 Å². The lowest BCUT2D eigenvalue weighted by atomic mass is 10.3. The number of hydrogen-bond donors (Lipinski definition) is 2. The van der Waals surface area contributed by atoms with E-state index in [1.807, 2.05) is 11.6 Å². The number of aliphatic hydroxyl groups excluding tert-OH is 1. The molecule has 0 aliphatic heterocycles. The summed E-state index contributed by atoms with van der Waals surface area (Å²) in [7, 11) is 1.70. The van der Waals surface area contributed by atoms with Gasteiger partial charge in [0.1, 0.15) is 0 Å². The van der Waals surface area contributed by atoms with E-state index in [4.69, 9.17) is 9.72 Å². The number of aromatic nitrogens is 2. The maximum absolute atomic E-state index is 9.28. The average Bonchev–Trinajstić information content (AvgIpc) is 3.05. The molecule has 0 aliphatic carbocycles. The zero-order valence-electron chi connectivity index (χ0n) is 12.7. The standard InChI is InChI=1S/C14H24N4O2S/c1-3-5-17(6-8-19)13-12(11-15-4-9-20-2)18-7-10-21-14(18)16-13/h7,10,15,19H,3-6,8-9,11H2,1-2H3. The third-order valence-electron chi connectivity index (χ3n) is 3.28. The largest absolute Gasteiger partial charge is 0.395 e. The fourth-order valence-corrected chi connectivity index (χ4v) is 3.06. The van der Waals surface area contributed by atoms with Crippen LogP contribution >= 0.6 is 11.3 Å². The summed E-state index contributed by atoms with van der Waals surface area (Å²) in [5.74, 6) is 0.975. The molecule has 0 atom stereocenters. The highest BCUT2D eigenvalue weighted by molar-refractivity contribution is 7.15. The summed E-state index contributed by atoms with van der Waals surface area (Å²) < 4.78 is 7.19. The Labute approximate surface area is 129 Å². The minimum absolute atomic E-state index is 0.141. The van der Waals surface area contributed by atoms with Crippen LogP contribution in [-0.4, -0.2) is 54.4 Å². The molecule has 7 heteroatoms. The molecule has 0 amide bonds. The molecule has 0 unspecified atom stereocenters. The van der Waals surface area contributed by atoms with Crippen LogP contribution in [0.25, 0.3) is 4.96 Å². The van der Waals surface area contributed by atoms with Gasteiger partial charge in [-0.3, -0.25) is 4.40 Å². The molecule has 2 aromatic heterocycles. The number of imidazole rings is 1. The van der Waals surface area contributed by atoms with Crippen LogP contribution in [0.2, 0.25) is 0 Å². The van der Waals surface area contributed by atoms with Crippen molar-refractivity contribution in [2.75, 3.05) is 44.9 Å². The summed E-state index contributed by atoms with van der Waals surface area (Å²) in [6, 6.07) is 0. The van der Waals surface area contributed by atoms with Crippen molar-refractivity contribution in [2.45, 2.75) is 19.9 Å². The Hall–Kier alpha value is -1.15. The minimum Gasteiger partial charge on any atom is -0.395 e. The Morgan fingerprint density at radius 1 is 1.48 bits per heavy atom. The van der Waals surface area contributed by atoms with E-state index in [2.05, 4.69) is 21.5 Å². The Kier molecular flexibility index (Phi) is 6.44. The van der Waals surface area contributed by atoms with E-state index in [0.717, 1.165) is 42.5 Å². The van der Waals surface area contributed by atoms with Crippen molar-refractivity contribution in [3.05, 3.63) is 17.3 Å². The molecule has 2 aromatic rings. The van der Waals surface area contributed by atoms with Crippen LogP contribution in [0, 0.1) is 0 Å². The second-order valence-electron chi connectivity index (χ2n) is 4.82. The first-order valence-corrected chi connectivity index (χ1v) is 8.19. The number of thiazole rings is 1. The van der Waals surface area contributed by atoms with Gasteiger partial charge in [-0.25, -0.2) is 4.98 Å². The van der Waals surface area contributed by atoms with Gasteiger partial charge in [-0.1, -0.05) is 6.92 Å². The molecule has 0 saturated heterocycles. The topological polar surface area (TPSA) is 62.0 Å². The van der Waals surface area contributed by atoms with Gasteiger partial charge >= 0.3 is 0 Å². The molecule has 2 rings (SSSR count). The highest BCUT2D eigenvalue weighted by Gasteiger charge is 2.18. The van der Waals surface area contributed by atoms with Gasteiger partial charge in [0, 0.05) is 44.9 Å². The molecular formula is C14H24N4O2S. The molecule has 0 spiro atoms. The Morgan fingerprint density at radius 3 is 3.05 bits per heavy atom. The van der Waals surface area contributed by atoms with Crippen LogP contribution < -0.4 is 10.2 Å². The Bertz CT molecular complexity index is 534. The molecule has 2 heterocycles. The van der Waals surface area contributed by atoms with Crippen LogP contribution in [0.3, 0.4) is 0 Å². The highest BCUT2D eigenvalue weighted by Crippen LogP contribution is 2.24. The van der Waals surface area contributed by atoms with Crippen molar-refractivity contribution >= 4 is 22.1 Å². The van der Waals surface area contributed by atoms with Crippen molar-refractivity contribution in [2.24, 2.45) is 0 Å². The number of anilines is 1. The Balaban J connectivity index is 2.21. The van der Waals surface area contributed by atoms with Crippen LogP contribution in [0.15, 0.2) is 11.6 Å². The van der Waals surface area contributed by atoms with Crippen molar-refractivity contribution in [3.63, 3.8) is 0 Å². The SMILES string of the molecule is CCCN(CCO)c1nc2sccn2c1CNCCOC. The van der Waals surface area contributed by atoms with E-state index >= 15 is 0 Å². The number of hydrogen-bond acceptors (Lipinski definition) is 6. The van der Waals surface area contributed by atoms with Crippen LogP contribution in [0.4, 0.5) is 5.82 Å². The lowest BCUT2D eigenvalue weighted by molar-refractivity contribution is 0.199. The van der Waals surface area contributed by atoms with Crippen molar-refractivity contribution < 1.29 is 9.84 Å². The van der Waals surface area contributed by atoms with Crippen LogP contribution in [0.5, 0.6) is 0 Å². The zero-order valence-corrected chi connectivity index (χ0v) is 13.5. The van der Waals surface area contributed by atoms with Gasteiger partial charge in [0.05, 0.1) is 18.9 Å². The molecule has 0 bridgehead atoms. The molecule has 0 aromatic carbocycles. The number of methoxy groups -OCH3 is 1. The summed E-state index contributed by atoms with van der Waals surface area (Å²) in [6.07, 6.45) is 3.08. The molecule has 21 heavy (non-hydrogen) atoms. The normalized spacial score (nSPS) is 11.4. The summed E-state index contributed by atoms with van der Waals surface area (Å²) in [4.78, 5) is 7.89. The first kappa shape index (κ1) is 16.2. The Morgan fingerprint density at radius 2 is 2.33 bits per heavy atom. The van der Waals surface area contributed by atoms with E-state index in [-0.39, 0.29) is 6.61 Å². The number of ether oxygens (including phenoxy) is 1. The zero-order chi connectivity index (χ0) is 15.1. The summed E-state index contributed by atoms with van der Waals surface area (Å²) in [5.41, 5.74) is 1.14. The fraction of sp³-hybridized carbons (Fsp3) is 0.643. The van der Waals surface area contributed by atoms with Gasteiger partial charge in [-0.2, -0.15) is 0 Å². The first-order valence-electron chi connectivity index (χ1n) is 7.31. The smallest absolute Gasteiger partial charge is 0.195 e. The van der Waals surface area contributed by atoms with Gasteiger partial charge < -0.3 is 20.1 Å². The van der Waals surface area contributed by atoms with Gasteiger partial charge in [0.2, 0.25) is 0 Å². The molecule has 0 radical (unpaired) electrons. The third kappa shape index (κ3) is 3.94. The van der Waals surface area contributed by atoms with Crippen LogP contribution in [-0.2, 0) is 11.3 Å². The summed E-state index contributed by atoms with van der Waals surface area (Å²) >= 11 is 1.63. The molecule has 2 N–H and O–H groups in total. The molecule has 0 fully saturated rings. The first-order chi connectivity index (χ1) is 10.3. The number of nitrogens with zero attached hydrogens (tertiary/aromatic N) is 3. The van der Waals surface area contributed by atoms with Gasteiger partial charge in [-0.15, -0.1) is 11.3 Å². The molecule has 6 nitrogen and oxygen atoms in total. The van der Waals surface area contributed by atoms with Gasteiger partial charge in [0.15, 0.2) is 10.8 Å².